The molecule has 0 spiro atoms. The maximum Gasteiger partial charge on any atom is 0.338 e. The molecule has 1 aromatic carbocycles. The van der Waals surface area contributed by atoms with Gasteiger partial charge in [0.05, 0.1) is 25.3 Å². The van der Waals surface area contributed by atoms with Gasteiger partial charge < -0.3 is 15.2 Å². The van der Waals surface area contributed by atoms with Crippen LogP contribution in [0.15, 0.2) is 12.1 Å². The lowest BCUT2D eigenvalue weighted by Gasteiger charge is -2.09. The molecule has 0 saturated carbocycles. The van der Waals surface area contributed by atoms with Gasteiger partial charge in [0.2, 0.25) is 0 Å². The molecule has 0 bridgehead atoms. The fourth-order valence-corrected chi connectivity index (χ4v) is 1.28. The van der Waals surface area contributed by atoms with Gasteiger partial charge in [-0.1, -0.05) is 0 Å². The number of aryl methyl sites for hydroxylation is 1. The Balaban J connectivity index is 3.38. The van der Waals surface area contributed by atoms with Crippen molar-refractivity contribution in [2.45, 2.75) is 6.92 Å². The van der Waals surface area contributed by atoms with E-state index in [1.165, 1.54) is 26.4 Å². The Hall–Kier alpha value is -2.04. The van der Waals surface area contributed by atoms with Gasteiger partial charge in [-0.3, -0.25) is 0 Å². The number of benzene rings is 1. The van der Waals surface area contributed by atoms with E-state index in [-0.39, 0.29) is 11.1 Å². The molecule has 0 fully saturated rings. The molecule has 5 nitrogen and oxygen atoms in total. The van der Waals surface area contributed by atoms with Crippen molar-refractivity contribution < 1.29 is 19.1 Å². The van der Waals surface area contributed by atoms with Gasteiger partial charge in [-0.05, 0) is 24.6 Å². The summed E-state index contributed by atoms with van der Waals surface area (Å²) < 4.78 is 9.14. The van der Waals surface area contributed by atoms with E-state index in [9.17, 15) is 9.59 Å². The fraction of sp³-hybridized carbons (Fsp3) is 0.273. The lowest BCUT2D eigenvalue weighted by Crippen LogP contribution is -2.13. The zero-order chi connectivity index (χ0) is 12.3. The molecule has 1 aromatic rings. The fourth-order valence-electron chi connectivity index (χ4n) is 1.28. The van der Waals surface area contributed by atoms with E-state index in [0.717, 1.165) is 0 Å². The first-order valence-electron chi connectivity index (χ1n) is 4.58. The third-order valence-corrected chi connectivity index (χ3v) is 2.22. The summed E-state index contributed by atoms with van der Waals surface area (Å²) in [5.41, 5.74) is 7.05. The van der Waals surface area contributed by atoms with Gasteiger partial charge >= 0.3 is 11.9 Å². The summed E-state index contributed by atoms with van der Waals surface area (Å²) in [6.07, 6.45) is 0. The average molecular weight is 223 g/mol. The van der Waals surface area contributed by atoms with Crippen LogP contribution in [-0.4, -0.2) is 26.2 Å². The van der Waals surface area contributed by atoms with E-state index in [2.05, 4.69) is 9.47 Å². The van der Waals surface area contributed by atoms with Crippen LogP contribution in [0.5, 0.6) is 0 Å². The highest BCUT2D eigenvalue weighted by molar-refractivity contribution is 6.04. The van der Waals surface area contributed by atoms with Crippen molar-refractivity contribution in [2.24, 2.45) is 0 Å². The van der Waals surface area contributed by atoms with Crippen LogP contribution in [0.2, 0.25) is 0 Å². The minimum Gasteiger partial charge on any atom is -0.465 e. The van der Waals surface area contributed by atoms with Crippen molar-refractivity contribution in [3.63, 3.8) is 0 Å². The standard InChI is InChI=1S/C11H13NO4/c1-6-4-7(10(13)15-2)8(5-9(6)12)11(14)16-3/h4-5H,12H2,1-3H3. The van der Waals surface area contributed by atoms with Gasteiger partial charge in [0.1, 0.15) is 0 Å². The average Bonchev–Trinajstić information content (AvgIpc) is 2.30. The molecule has 0 saturated heterocycles. The summed E-state index contributed by atoms with van der Waals surface area (Å²) in [5.74, 6) is -1.21. The van der Waals surface area contributed by atoms with Gasteiger partial charge in [-0.25, -0.2) is 9.59 Å². The second-order valence-corrected chi connectivity index (χ2v) is 3.24. The number of ether oxygens (including phenoxy) is 2. The summed E-state index contributed by atoms with van der Waals surface area (Å²) in [6, 6.07) is 2.92. The number of esters is 2. The molecule has 1 rings (SSSR count). The van der Waals surface area contributed by atoms with Crippen LogP contribution in [0, 0.1) is 6.92 Å². The lowest BCUT2D eigenvalue weighted by atomic mass is 10.0. The Morgan fingerprint density at radius 3 is 1.94 bits per heavy atom. The molecule has 16 heavy (non-hydrogen) atoms. The molecule has 0 unspecified atom stereocenters. The number of nitrogens with two attached hydrogens (primary N) is 1. The van der Waals surface area contributed by atoms with Crippen LogP contribution in [-0.2, 0) is 9.47 Å². The van der Waals surface area contributed by atoms with Crippen molar-refractivity contribution in [1.82, 2.24) is 0 Å². The maximum absolute atomic E-state index is 11.4. The number of carbonyl (C=O) groups is 2. The molecule has 0 aliphatic heterocycles. The molecule has 2 N–H and O–H groups in total. The molecule has 0 aliphatic rings. The Kier molecular flexibility index (Phi) is 3.50. The molecule has 0 aromatic heterocycles. The van der Waals surface area contributed by atoms with E-state index < -0.39 is 11.9 Å². The van der Waals surface area contributed by atoms with Gasteiger partial charge in [-0.15, -0.1) is 0 Å². The SMILES string of the molecule is COC(=O)c1cc(C)c(N)cc1C(=O)OC. The van der Waals surface area contributed by atoms with E-state index in [0.29, 0.717) is 11.3 Å². The third-order valence-electron chi connectivity index (χ3n) is 2.22. The molecule has 0 heterocycles. The second kappa shape index (κ2) is 4.65. The predicted molar refractivity (Wildman–Crippen MR) is 58.3 cm³/mol. The topological polar surface area (TPSA) is 78.6 Å². The zero-order valence-electron chi connectivity index (χ0n) is 9.37. The van der Waals surface area contributed by atoms with E-state index in [1.54, 1.807) is 6.92 Å². The van der Waals surface area contributed by atoms with Crippen molar-refractivity contribution in [2.75, 3.05) is 20.0 Å². The minimum atomic E-state index is -0.618. The summed E-state index contributed by atoms with van der Waals surface area (Å²) in [6.45, 7) is 1.74. The molecule has 0 atom stereocenters. The monoisotopic (exact) mass is 223 g/mol. The number of rotatable bonds is 2. The Labute approximate surface area is 93.1 Å². The zero-order valence-corrected chi connectivity index (χ0v) is 9.37. The van der Waals surface area contributed by atoms with Crippen molar-refractivity contribution in [3.05, 3.63) is 28.8 Å². The number of nitrogen functional groups attached to an aromatic ring is 1. The predicted octanol–water partition coefficient (Wildman–Crippen LogP) is 1.15. The number of carbonyl (C=O) groups excluding carboxylic acids is 2. The third kappa shape index (κ3) is 2.13. The van der Waals surface area contributed by atoms with E-state index in [4.69, 9.17) is 5.73 Å². The summed E-state index contributed by atoms with van der Waals surface area (Å²) in [5, 5.41) is 0. The highest BCUT2D eigenvalue weighted by Gasteiger charge is 2.19. The van der Waals surface area contributed by atoms with Crippen LogP contribution in [0.3, 0.4) is 0 Å². The molecule has 0 amide bonds. The molecular formula is C11H13NO4. The molecule has 0 aliphatic carbocycles. The van der Waals surface area contributed by atoms with Crippen molar-refractivity contribution in [1.29, 1.82) is 0 Å². The lowest BCUT2D eigenvalue weighted by molar-refractivity contribution is 0.0555. The van der Waals surface area contributed by atoms with Crippen LogP contribution < -0.4 is 5.73 Å². The highest BCUT2D eigenvalue weighted by atomic mass is 16.5. The maximum atomic E-state index is 11.4. The first-order valence-corrected chi connectivity index (χ1v) is 4.58. The second-order valence-electron chi connectivity index (χ2n) is 3.24. The van der Waals surface area contributed by atoms with Crippen LogP contribution in [0.4, 0.5) is 5.69 Å². The Morgan fingerprint density at radius 1 is 1.06 bits per heavy atom. The first kappa shape index (κ1) is 12.0. The van der Waals surface area contributed by atoms with Crippen LogP contribution in [0.1, 0.15) is 26.3 Å². The Bertz CT molecular complexity index is 399. The molecular weight excluding hydrogens is 210 g/mol. The molecule has 86 valence electrons. The molecule has 0 radical (unpaired) electrons. The number of hydrogen-bond acceptors (Lipinski definition) is 5. The van der Waals surface area contributed by atoms with Gasteiger partial charge in [0.15, 0.2) is 0 Å². The minimum absolute atomic E-state index is 0.109. The highest BCUT2D eigenvalue weighted by Crippen LogP contribution is 2.20. The summed E-state index contributed by atoms with van der Waals surface area (Å²) in [7, 11) is 2.48. The van der Waals surface area contributed by atoms with E-state index in [1.807, 2.05) is 0 Å². The quantitative estimate of drug-likeness (QED) is 0.601. The van der Waals surface area contributed by atoms with Crippen molar-refractivity contribution in [3.8, 4) is 0 Å². The number of methoxy groups -OCH3 is 2. The van der Waals surface area contributed by atoms with Crippen molar-refractivity contribution >= 4 is 17.6 Å². The summed E-state index contributed by atoms with van der Waals surface area (Å²) in [4.78, 5) is 22.9. The van der Waals surface area contributed by atoms with Gasteiger partial charge in [0, 0.05) is 5.69 Å². The normalized spacial score (nSPS) is 9.69. The summed E-state index contributed by atoms with van der Waals surface area (Å²) >= 11 is 0. The number of anilines is 1. The van der Waals surface area contributed by atoms with E-state index >= 15 is 0 Å². The molecule has 5 heteroatoms. The largest absolute Gasteiger partial charge is 0.465 e. The van der Waals surface area contributed by atoms with Crippen LogP contribution in [0.25, 0.3) is 0 Å². The smallest absolute Gasteiger partial charge is 0.338 e. The van der Waals surface area contributed by atoms with Gasteiger partial charge in [0.25, 0.3) is 0 Å². The van der Waals surface area contributed by atoms with Gasteiger partial charge in [-0.2, -0.15) is 0 Å². The first-order chi connectivity index (χ1) is 7.51. The Morgan fingerprint density at radius 2 is 1.50 bits per heavy atom. The number of hydrogen-bond donors (Lipinski definition) is 1. The van der Waals surface area contributed by atoms with Crippen LogP contribution >= 0.6 is 0 Å².